The van der Waals surface area contributed by atoms with Crippen molar-refractivity contribution in [1.29, 1.82) is 0 Å². The van der Waals surface area contributed by atoms with Crippen molar-refractivity contribution in [2.75, 3.05) is 10.8 Å². The summed E-state index contributed by atoms with van der Waals surface area (Å²) in [4.78, 5) is 28.7. The van der Waals surface area contributed by atoms with Crippen molar-refractivity contribution in [3.05, 3.63) is 94.0 Å². The van der Waals surface area contributed by atoms with Gasteiger partial charge in [-0.25, -0.2) is 8.42 Å². The van der Waals surface area contributed by atoms with Crippen LogP contribution in [0.25, 0.3) is 0 Å². The minimum atomic E-state index is -4.13. The average molecular weight is 584 g/mol. The summed E-state index contributed by atoms with van der Waals surface area (Å²) in [5.41, 5.74) is 3.13. The fraction of sp³-hybridized carbons (Fsp3) is 0.355. The molecular formula is C31H38ClN3O4S. The van der Waals surface area contributed by atoms with Gasteiger partial charge in [0.15, 0.2) is 0 Å². The third kappa shape index (κ3) is 7.86. The number of halogens is 1. The molecule has 7 nitrogen and oxygen atoms in total. The van der Waals surface area contributed by atoms with Gasteiger partial charge in [0.25, 0.3) is 10.0 Å². The topological polar surface area (TPSA) is 86.8 Å². The molecular weight excluding hydrogens is 546 g/mol. The Balaban J connectivity index is 2.08. The molecule has 0 aliphatic carbocycles. The number of nitrogens with one attached hydrogen (secondary N) is 1. The molecule has 0 spiro atoms. The molecule has 0 saturated heterocycles. The molecule has 0 aliphatic rings. The fourth-order valence-electron chi connectivity index (χ4n) is 4.33. The van der Waals surface area contributed by atoms with Crippen molar-refractivity contribution < 1.29 is 18.0 Å². The van der Waals surface area contributed by atoms with Gasteiger partial charge in [-0.2, -0.15) is 0 Å². The Morgan fingerprint density at radius 2 is 1.48 bits per heavy atom. The summed E-state index contributed by atoms with van der Waals surface area (Å²) >= 11 is 6.42. The largest absolute Gasteiger partial charge is 0.350 e. The molecule has 0 saturated carbocycles. The van der Waals surface area contributed by atoms with Crippen molar-refractivity contribution in [3.63, 3.8) is 0 Å². The second-order valence-corrected chi connectivity index (χ2v) is 13.5. The molecule has 0 radical (unpaired) electrons. The average Bonchev–Trinajstić information content (AvgIpc) is 2.84. The number of aryl methyl sites for hydroxylation is 3. The monoisotopic (exact) mass is 583 g/mol. The maximum Gasteiger partial charge on any atom is 0.264 e. The summed E-state index contributed by atoms with van der Waals surface area (Å²) in [6.07, 6.45) is 0. The number of nitrogens with zero attached hydrogens (tertiary/aromatic N) is 2. The predicted octanol–water partition coefficient (Wildman–Crippen LogP) is 5.79. The molecule has 1 unspecified atom stereocenters. The molecule has 3 aromatic carbocycles. The van der Waals surface area contributed by atoms with E-state index in [1.54, 1.807) is 55.5 Å². The molecule has 2 amide bonds. The molecule has 0 bridgehead atoms. The van der Waals surface area contributed by atoms with Crippen LogP contribution in [0.15, 0.2) is 71.6 Å². The van der Waals surface area contributed by atoms with Crippen molar-refractivity contribution >= 4 is 39.1 Å². The van der Waals surface area contributed by atoms with Crippen LogP contribution in [0.3, 0.4) is 0 Å². The quantitative estimate of drug-likeness (QED) is 0.345. The Morgan fingerprint density at radius 1 is 0.900 bits per heavy atom. The van der Waals surface area contributed by atoms with Gasteiger partial charge < -0.3 is 10.2 Å². The van der Waals surface area contributed by atoms with Crippen LogP contribution in [0.4, 0.5) is 5.69 Å². The number of benzene rings is 3. The lowest BCUT2D eigenvalue weighted by molar-refractivity contribution is -0.140. The first-order valence-electron chi connectivity index (χ1n) is 13.1. The Bertz CT molecular complexity index is 1460. The number of amides is 2. The van der Waals surface area contributed by atoms with Crippen LogP contribution in [0.5, 0.6) is 0 Å². The first-order valence-corrected chi connectivity index (χ1v) is 14.9. The van der Waals surface area contributed by atoms with Gasteiger partial charge in [-0.1, -0.05) is 53.6 Å². The number of carbonyl (C=O) groups excluding carboxylic acids is 2. The number of sulfonamides is 1. The minimum absolute atomic E-state index is 0.0303. The third-order valence-corrected chi connectivity index (χ3v) is 8.50. The van der Waals surface area contributed by atoms with Crippen LogP contribution >= 0.6 is 11.6 Å². The van der Waals surface area contributed by atoms with Crippen molar-refractivity contribution in [3.8, 4) is 0 Å². The lowest BCUT2D eigenvalue weighted by Gasteiger charge is -2.33. The number of hydrogen-bond donors (Lipinski definition) is 1. The fourth-order valence-corrected chi connectivity index (χ4v) is 5.92. The zero-order valence-corrected chi connectivity index (χ0v) is 25.7. The summed E-state index contributed by atoms with van der Waals surface area (Å²) in [5.74, 6) is -0.890. The van der Waals surface area contributed by atoms with Crippen molar-refractivity contribution in [2.45, 2.75) is 71.5 Å². The highest BCUT2D eigenvalue weighted by Crippen LogP contribution is 2.27. The van der Waals surface area contributed by atoms with Crippen LogP contribution in [-0.2, 0) is 26.2 Å². The predicted molar refractivity (Wildman–Crippen MR) is 161 cm³/mol. The smallest absolute Gasteiger partial charge is 0.264 e. The standard InChI is InChI=1S/C31H38ClN3O4S/c1-21-12-14-27(15-13-21)40(38,39)35(26-17-22(2)16-23(3)18-26)20-29(36)34(19-25-10-8-9-11-28(25)32)24(4)30(37)33-31(5,6)7/h8-18,24H,19-20H2,1-7H3,(H,33,37). The Kier molecular flexibility index (Phi) is 9.69. The molecule has 3 rings (SSSR count). The first kappa shape index (κ1) is 31.2. The molecule has 3 aromatic rings. The van der Waals surface area contributed by atoms with E-state index in [0.29, 0.717) is 16.3 Å². The number of anilines is 1. The van der Waals surface area contributed by atoms with Crippen molar-refractivity contribution in [1.82, 2.24) is 10.2 Å². The number of rotatable bonds is 9. The second kappa shape index (κ2) is 12.4. The second-order valence-electron chi connectivity index (χ2n) is 11.2. The van der Waals surface area contributed by atoms with E-state index in [-0.39, 0.29) is 17.3 Å². The molecule has 1 N–H and O–H groups in total. The molecule has 9 heteroatoms. The molecule has 0 fully saturated rings. The van der Waals surface area contributed by atoms with E-state index in [4.69, 9.17) is 11.6 Å². The molecule has 0 aromatic heterocycles. The van der Waals surface area contributed by atoms with E-state index in [2.05, 4.69) is 5.32 Å². The number of carbonyl (C=O) groups is 2. The van der Waals surface area contributed by atoms with Gasteiger partial charge in [-0.15, -0.1) is 0 Å². The van der Waals surface area contributed by atoms with Crippen LogP contribution in [0.1, 0.15) is 49.9 Å². The molecule has 0 heterocycles. The zero-order chi connectivity index (χ0) is 29.8. The molecule has 1 atom stereocenters. The Morgan fingerprint density at radius 3 is 2.02 bits per heavy atom. The van der Waals surface area contributed by atoms with E-state index >= 15 is 0 Å². The SMILES string of the molecule is Cc1ccc(S(=O)(=O)N(CC(=O)N(Cc2ccccc2Cl)C(C)C(=O)NC(C)(C)C)c2cc(C)cc(C)c2)cc1. The zero-order valence-electron chi connectivity index (χ0n) is 24.2. The maximum atomic E-state index is 14.1. The van der Waals surface area contributed by atoms with E-state index in [1.165, 1.54) is 17.0 Å². The van der Waals surface area contributed by atoms with Crippen LogP contribution in [0.2, 0.25) is 5.02 Å². The van der Waals surface area contributed by atoms with Crippen LogP contribution in [0, 0.1) is 20.8 Å². The van der Waals surface area contributed by atoms with E-state index < -0.39 is 34.1 Å². The lowest BCUT2D eigenvalue weighted by atomic mass is 10.1. The summed E-state index contributed by atoms with van der Waals surface area (Å²) in [6, 6.07) is 18.1. The molecule has 40 heavy (non-hydrogen) atoms. The van der Waals surface area contributed by atoms with E-state index in [9.17, 15) is 18.0 Å². The summed E-state index contributed by atoms with van der Waals surface area (Å²) in [5, 5.41) is 3.36. The van der Waals surface area contributed by atoms with Crippen LogP contribution in [-0.4, -0.2) is 43.3 Å². The highest BCUT2D eigenvalue weighted by Gasteiger charge is 2.33. The van der Waals surface area contributed by atoms with Crippen molar-refractivity contribution in [2.24, 2.45) is 0 Å². The van der Waals surface area contributed by atoms with Gasteiger partial charge in [-0.3, -0.25) is 13.9 Å². The van der Waals surface area contributed by atoms with Gasteiger partial charge in [0.1, 0.15) is 12.6 Å². The third-order valence-electron chi connectivity index (χ3n) is 6.35. The maximum absolute atomic E-state index is 14.1. The molecule has 214 valence electrons. The normalized spacial score (nSPS) is 12.5. The van der Waals surface area contributed by atoms with Gasteiger partial charge >= 0.3 is 0 Å². The summed E-state index contributed by atoms with van der Waals surface area (Å²) in [6.45, 7) is 12.3. The van der Waals surface area contributed by atoms with E-state index in [1.807, 2.05) is 47.6 Å². The highest BCUT2D eigenvalue weighted by molar-refractivity contribution is 7.92. The van der Waals surface area contributed by atoms with Gasteiger partial charge in [0.05, 0.1) is 10.6 Å². The minimum Gasteiger partial charge on any atom is -0.350 e. The van der Waals surface area contributed by atoms with Crippen LogP contribution < -0.4 is 9.62 Å². The first-order chi connectivity index (χ1) is 18.6. The summed E-state index contributed by atoms with van der Waals surface area (Å²) in [7, 11) is -4.13. The summed E-state index contributed by atoms with van der Waals surface area (Å²) < 4.78 is 29.1. The van der Waals surface area contributed by atoms with Gasteiger partial charge in [-0.05, 0) is 95.5 Å². The number of hydrogen-bond acceptors (Lipinski definition) is 4. The van der Waals surface area contributed by atoms with E-state index in [0.717, 1.165) is 21.0 Å². The lowest BCUT2D eigenvalue weighted by Crippen LogP contribution is -2.54. The Hall–Kier alpha value is -3.36. The molecule has 0 aliphatic heterocycles. The van der Waals surface area contributed by atoms with Gasteiger partial charge in [0, 0.05) is 17.1 Å². The van der Waals surface area contributed by atoms with Gasteiger partial charge in [0.2, 0.25) is 11.8 Å². The Labute approximate surface area is 243 Å². The highest BCUT2D eigenvalue weighted by atomic mass is 35.5.